The Morgan fingerprint density at radius 2 is 2.15 bits per heavy atom. The van der Waals surface area contributed by atoms with Crippen molar-refractivity contribution in [1.82, 2.24) is 20.0 Å². The zero-order valence-electron chi connectivity index (χ0n) is 14.7. The molecule has 0 aliphatic carbocycles. The zero-order chi connectivity index (χ0) is 17.9. The lowest BCUT2D eigenvalue weighted by Crippen LogP contribution is -2.44. The summed E-state index contributed by atoms with van der Waals surface area (Å²) in [6, 6.07) is 3.32. The molecule has 138 valence electrons. The molecule has 1 atom stereocenters. The number of carbonyl (C=O) groups is 1. The molecule has 0 aromatic carbocycles. The fourth-order valence-corrected chi connectivity index (χ4v) is 3.24. The number of aryl methyl sites for hydroxylation is 1. The van der Waals surface area contributed by atoms with Gasteiger partial charge in [-0.1, -0.05) is 5.16 Å². The molecule has 0 radical (unpaired) electrons. The van der Waals surface area contributed by atoms with Crippen molar-refractivity contribution < 1.29 is 14.1 Å². The van der Waals surface area contributed by atoms with Gasteiger partial charge in [0.2, 0.25) is 5.95 Å². The molecule has 2 aliphatic rings. The van der Waals surface area contributed by atoms with Gasteiger partial charge in [-0.25, -0.2) is 14.8 Å². The topological polar surface area (TPSA) is 96.6 Å². The second-order valence-corrected chi connectivity index (χ2v) is 6.53. The maximum Gasteiger partial charge on any atom is 0.323 e. The number of nitrogens with zero attached hydrogens (tertiary/aromatic N) is 5. The molecule has 0 spiro atoms. The van der Waals surface area contributed by atoms with E-state index in [0.29, 0.717) is 31.3 Å². The molecule has 2 aromatic heterocycles. The van der Waals surface area contributed by atoms with Gasteiger partial charge in [0.05, 0.1) is 18.8 Å². The summed E-state index contributed by atoms with van der Waals surface area (Å²) in [5, 5.41) is 6.54. The number of hydrogen-bond acceptors (Lipinski definition) is 7. The number of urea groups is 1. The van der Waals surface area contributed by atoms with E-state index in [2.05, 4.69) is 25.3 Å². The number of morpholine rings is 1. The number of amides is 2. The van der Waals surface area contributed by atoms with Crippen LogP contribution in [0.2, 0.25) is 0 Å². The summed E-state index contributed by atoms with van der Waals surface area (Å²) in [6.45, 7) is 5.16. The third kappa shape index (κ3) is 3.62. The quantitative estimate of drug-likeness (QED) is 0.896. The molecule has 1 N–H and O–H groups in total. The Kier molecular flexibility index (Phi) is 4.70. The normalized spacial score (nSPS) is 20.4. The van der Waals surface area contributed by atoms with Crippen LogP contribution in [0.4, 0.5) is 16.6 Å². The van der Waals surface area contributed by atoms with Crippen molar-refractivity contribution in [2.45, 2.75) is 25.9 Å². The van der Waals surface area contributed by atoms with Crippen LogP contribution in [0.3, 0.4) is 0 Å². The van der Waals surface area contributed by atoms with Gasteiger partial charge in [0.25, 0.3) is 0 Å². The molecule has 0 unspecified atom stereocenters. The van der Waals surface area contributed by atoms with E-state index in [1.165, 1.54) is 12.8 Å². The molecule has 2 saturated heterocycles. The molecule has 9 nitrogen and oxygen atoms in total. The summed E-state index contributed by atoms with van der Waals surface area (Å²) in [5.74, 6) is 1.80. The van der Waals surface area contributed by atoms with Crippen LogP contribution in [0.1, 0.15) is 30.4 Å². The SMILES string of the molecule is Cc1cc(NC(=O)N2CCO[C@H](c3ccnc(N4CCCC4)n3)C2)no1. The van der Waals surface area contributed by atoms with Gasteiger partial charge in [0.15, 0.2) is 5.82 Å². The number of rotatable bonds is 3. The van der Waals surface area contributed by atoms with E-state index in [1.54, 1.807) is 24.1 Å². The highest BCUT2D eigenvalue weighted by molar-refractivity contribution is 5.88. The van der Waals surface area contributed by atoms with E-state index in [1.807, 2.05) is 6.07 Å². The predicted molar refractivity (Wildman–Crippen MR) is 94.0 cm³/mol. The van der Waals surface area contributed by atoms with Gasteiger partial charge in [-0.2, -0.15) is 0 Å². The first-order valence-electron chi connectivity index (χ1n) is 8.88. The summed E-state index contributed by atoms with van der Waals surface area (Å²) < 4.78 is 10.8. The molecule has 2 fully saturated rings. The van der Waals surface area contributed by atoms with Crippen LogP contribution in [-0.4, -0.2) is 58.8 Å². The Morgan fingerprint density at radius 3 is 2.92 bits per heavy atom. The smallest absolute Gasteiger partial charge is 0.323 e. The summed E-state index contributed by atoms with van der Waals surface area (Å²) >= 11 is 0. The van der Waals surface area contributed by atoms with E-state index in [0.717, 1.165) is 24.7 Å². The number of aromatic nitrogens is 3. The first-order valence-corrected chi connectivity index (χ1v) is 8.88. The average Bonchev–Trinajstić information content (AvgIpc) is 3.34. The second-order valence-electron chi connectivity index (χ2n) is 6.53. The molecule has 4 heterocycles. The molecular weight excluding hydrogens is 336 g/mol. The fraction of sp³-hybridized carbons (Fsp3) is 0.529. The highest BCUT2D eigenvalue weighted by Crippen LogP contribution is 2.23. The first kappa shape index (κ1) is 16.8. The number of nitrogens with one attached hydrogen (secondary N) is 1. The molecule has 2 aromatic rings. The van der Waals surface area contributed by atoms with Crippen LogP contribution in [0.15, 0.2) is 22.9 Å². The molecule has 2 aliphatic heterocycles. The van der Waals surface area contributed by atoms with Gasteiger partial charge in [-0.3, -0.25) is 5.32 Å². The van der Waals surface area contributed by atoms with Gasteiger partial charge < -0.3 is 19.1 Å². The third-order valence-electron chi connectivity index (χ3n) is 4.60. The Morgan fingerprint density at radius 1 is 1.31 bits per heavy atom. The van der Waals surface area contributed by atoms with Crippen LogP contribution >= 0.6 is 0 Å². The monoisotopic (exact) mass is 358 g/mol. The molecule has 2 amide bonds. The fourth-order valence-electron chi connectivity index (χ4n) is 3.24. The summed E-state index contributed by atoms with van der Waals surface area (Å²) in [6.07, 6.45) is 3.83. The molecule has 4 rings (SSSR count). The average molecular weight is 358 g/mol. The van der Waals surface area contributed by atoms with Crippen LogP contribution in [0.25, 0.3) is 0 Å². The van der Waals surface area contributed by atoms with E-state index in [4.69, 9.17) is 9.26 Å². The van der Waals surface area contributed by atoms with Crippen LogP contribution in [0, 0.1) is 6.92 Å². The minimum Gasteiger partial charge on any atom is -0.368 e. The predicted octanol–water partition coefficient (Wildman–Crippen LogP) is 1.98. The van der Waals surface area contributed by atoms with Crippen LogP contribution in [0.5, 0.6) is 0 Å². The lowest BCUT2D eigenvalue weighted by molar-refractivity contribution is -0.0157. The lowest BCUT2D eigenvalue weighted by Gasteiger charge is -2.32. The second kappa shape index (κ2) is 7.28. The number of ether oxygens (including phenoxy) is 1. The minimum atomic E-state index is -0.266. The lowest BCUT2D eigenvalue weighted by atomic mass is 10.2. The summed E-state index contributed by atoms with van der Waals surface area (Å²) in [5.41, 5.74) is 0.802. The molecule has 26 heavy (non-hydrogen) atoms. The molecular formula is C17H22N6O3. The standard InChI is InChI=1S/C17H22N6O3/c1-12-10-15(21-26-12)20-17(24)23-8-9-25-14(11-23)13-4-5-18-16(19-13)22-6-2-3-7-22/h4-5,10,14H,2-3,6-9,11H2,1H3,(H,20,21,24)/t14-/m0/s1. The Hall–Kier alpha value is -2.68. The largest absolute Gasteiger partial charge is 0.368 e. The van der Waals surface area contributed by atoms with E-state index in [9.17, 15) is 4.79 Å². The number of hydrogen-bond donors (Lipinski definition) is 1. The molecule has 9 heteroatoms. The van der Waals surface area contributed by atoms with Crippen molar-refractivity contribution in [2.75, 3.05) is 43.0 Å². The molecule has 0 bridgehead atoms. The van der Waals surface area contributed by atoms with Crippen molar-refractivity contribution in [3.63, 3.8) is 0 Å². The van der Waals surface area contributed by atoms with Gasteiger partial charge in [-0.15, -0.1) is 0 Å². The highest BCUT2D eigenvalue weighted by Gasteiger charge is 2.27. The first-order chi connectivity index (χ1) is 12.7. The van der Waals surface area contributed by atoms with Crippen molar-refractivity contribution >= 4 is 17.8 Å². The third-order valence-corrected chi connectivity index (χ3v) is 4.60. The van der Waals surface area contributed by atoms with E-state index < -0.39 is 0 Å². The van der Waals surface area contributed by atoms with Gasteiger partial charge in [0.1, 0.15) is 11.9 Å². The van der Waals surface area contributed by atoms with E-state index >= 15 is 0 Å². The molecule has 0 saturated carbocycles. The summed E-state index contributed by atoms with van der Waals surface area (Å²) in [7, 11) is 0. The van der Waals surface area contributed by atoms with Gasteiger partial charge in [-0.05, 0) is 25.8 Å². The summed E-state index contributed by atoms with van der Waals surface area (Å²) in [4.78, 5) is 25.4. The maximum atomic E-state index is 12.5. The minimum absolute atomic E-state index is 0.222. The highest BCUT2D eigenvalue weighted by atomic mass is 16.5. The van der Waals surface area contributed by atoms with Crippen LogP contribution < -0.4 is 10.2 Å². The Labute approximate surface area is 151 Å². The van der Waals surface area contributed by atoms with Crippen LogP contribution in [-0.2, 0) is 4.74 Å². The van der Waals surface area contributed by atoms with Gasteiger partial charge >= 0.3 is 6.03 Å². The number of carbonyl (C=O) groups excluding carboxylic acids is 1. The maximum absolute atomic E-state index is 12.5. The van der Waals surface area contributed by atoms with Crippen molar-refractivity contribution in [1.29, 1.82) is 0 Å². The Bertz CT molecular complexity index is 773. The van der Waals surface area contributed by atoms with Crippen molar-refractivity contribution in [3.8, 4) is 0 Å². The van der Waals surface area contributed by atoms with Crippen molar-refractivity contribution in [2.24, 2.45) is 0 Å². The number of anilines is 2. The van der Waals surface area contributed by atoms with Crippen molar-refractivity contribution in [3.05, 3.63) is 29.8 Å². The van der Waals surface area contributed by atoms with Gasteiger partial charge in [0, 0.05) is 31.9 Å². The zero-order valence-corrected chi connectivity index (χ0v) is 14.7. The Balaban J connectivity index is 1.43. The van der Waals surface area contributed by atoms with E-state index in [-0.39, 0.29) is 12.1 Å².